The molecule has 1 N–H and O–H groups in total. The SMILES string of the molecule is OCc1ccc(Oc2ccc(F)cc2)c(C(F)(F)F)c1. The first-order valence-corrected chi connectivity index (χ1v) is 5.64. The van der Waals surface area contributed by atoms with Gasteiger partial charge in [0.2, 0.25) is 0 Å². The van der Waals surface area contributed by atoms with Crippen LogP contribution in [0.1, 0.15) is 11.1 Å². The number of hydrogen-bond acceptors (Lipinski definition) is 2. The van der Waals surface area contributed by atoms with Crippen molar-refractivity contribution < 1.29 is 27.4 Å². The first kappa shape index (κ1) is 14.3. The van der Waals surface area contributed by atoms with E-state index in [9.17, 15) is 17.6 Å². The van der Waals surface area contributed by atoms with Crippen molar-refractivity contribution in [3.05, 3.63) is 59.4 Å². The molecule has 2 aromatic rings. The lowest BCUT2D eigenvalue weighted by Crippen LogP contribution is -2.08. The maximum atomic E-state index is 12.9. The van der Waals surface area contributed by atoms with Crippen LogP contribution < -0.4 is 4.74 Å². The Morgan fingerprint density at radius 2 is 1.65 bits per heavy atom. The molecule has 0 aliphatic heterocycles. The first-order chi connectivity index (χ1) is 9.40. The van der Waals surface area contributed by atoms with Crippen LogP contribution in [0, 0.1) is 5.82 Å². The third kappa shape index (κ3) is 3.27. The predicted molar refractivity (Wildman–Crippen MR) is 63.8 cm³/mol. The van der Waals surface area contributed by atoms with E-state index in [2.05, 4.69) is 0 Å². The molecule has 0 bridgehead atoms. The average molecular weight is 286 g/mol. The highest BCUT2D eigenvalue weighted by atomic mass is 19.4. The Hall–Kier alpha value is -2.08. The molecular formula is C14H10F4O2. The molecule has 0 aliphatic rings. The minimum Gasteiger partial charge on any atom is -0.457 e. The summed E-state index contributed by atoms with van der Waals surface area (Å²) in [4.78, 5) is 0. The van der Waals surface area contributed by atoms with Crippen LogP contribution in [-0.2, 0) is 12.8 Å². The molecule has 2 rings (SSSR count). The van der Waals surface area contributed by atoms with Gasteiger partial charge in [-0.1, -0.05) is 6.07 Å². The molecule has 0 unspecified atom stereocenters. The van der Waals surface area contributed by atoms with Gasteiger partial charge in [-0.25, -0.2) is 4.39 Å². The summed E-state index contributed by atoms with van der Waals surface area (Å²) in [5.74, 6) is -0.820. The van der Waals surface area contributed by atoms with E-state index in [1.807, 2.05) is 0 Å². The van der Waals surface area contributed by atoms with Crippen LogP contribution in [0.2, 0.25) is 0 Å². The predicted octanol–water partition coefficient (Wildman–Crippen LogP) is 4.13. The van der Waals surface area contributed by atoms with Crippen molar-refractivity contribution in [3.63, 3.8) is 0 Å². The van der Waals surface area contributed by atoms with Crippen molar-refractivity contribution in [2.45, 2.75) is 12.8 Å². The number of alkyl halides is 3. The van der Waals surface area contributed by atoms with Crippen LogP contribution in [0.25, 0.3) is 0 Å². The van der Waals surface area contributed by atoms with Gasteiger partial charge in [0.15, 0.2) is 0 Å². The highest BCUT2D eigenvalue weighted by Crippen LogP contribution is 2.38. The lowest BCUT2D eigenvalue weighted by Gasteiger charge is -2.14. The van der Waals surface area contributed by atoms with Gasteiger partial charge in [-0.2, -0.15) is 13.2 Å². The van der Waals surface area contributed by atoms with E-state index < -0.39 is 29.9 Å². The number of halogens is 4. The van der Waals surface area contributed by atoms with E-state index in [0.717, 1.165) is 24.3 Å². The molecule has 0 aliphatic carbocycles. The van der Waals surface area contributed by atoms with E-state index in [1.54, 1.807) is 0 Å². The Balaban J connectivity index is 2.38. The smallest absolute Gasteiger partial charge is 0.419 e. The maximum absolute atomic E-state index is 12.9. The van der Waals surface area contributed by atoms with E-state index in [4.69, 9.17) is 9.84 Å². The van der Waals surface area contributed by atoms with Gasteiger partial charge in [-0.05, 0) is 42.0 Å². The van der Waals surface area contributed by atoms with Crippen molar-refractivity contribution in [2.24, 2.45) is 0 Å². The van der Waals surface area contributed by atoms with Gasteiger partial charge >= 0.3 is 6.18 Å². The molecule has 0 amide bonds. The molecule has 0 atom stereocenters. The molecule has 20 heavy (non-hydrogen) atoms. The third-order valence-corrected chi connectivity index (χ3v) is 2.57. The summed E-state index contributed by atoms with van der Waals surface area (Å²) < 4.78 is 56.6. The zero-order valence-electron chi connectivity index (χ0n) is 10.1. The van der Waals surface area contributed by atoms with Crippen LogP contribution in [0.5, 0.6) is 11.5 Å². The molecule has 6 heteroatoms. The summed E-state index contributed by atoms with van der Waals surface area (Å²) in [6.45, 7) is -0.500. The second-order valence-corrected chi connectivity index (χ2v) is 4.04. The molecule has 0 aromatic heterocycles. The fourth-order valence-electron chi connectivity index (χ4n) is 1.62. The average Bonchev–Trinajstić information content (AvgIpc) is 2.40. The third-order valence-electron chi connectivity index (χ3n) is 2.57. The van der Waals surface area contributed by atoms with E-state index in [0.29, 0.717) is 0 Å². The molecule has 0 radical (unpaired) electrons. The molecule has 0 saturated carbocycles. The molecule has 0 saturated heterocycles. The topological polar surface area (TPSA) is 29.5 Å². The van der Waals surface area contributed by atoms with Gasteiger partial charge in [0.25, 0.3) is 0 Å². The molecule has 2 aromatic carbocycles. The van der Waals surface area contributed by atoms with Gasteiger partial charge < -0.3 is 9.84 Å². The number of benzene rings is 2. The number of ether oxygens (including phenoxy) is 1. The first-order valence-electron chi connectivity index (χ1n) is 5.64. The molecular weight excluding hydrogens is 276 g/mol. The zero-order valence-corrected chi connectivity index (χ0v) is 10.1. The molecule has 0 fully saturated rings. The van der Waals surface area contributed by atoms with Gasteiger partial charge in [-0.3, -0.25) is 0 Å². The Morgan fingerprint density at radius 1 is 1.00 bits per heavy atom. The van der Waals surface area contributed by atoms with Crippen LogP contribution in [-0.4, -0.2) is 5.11 Å². The van der Waals surface area contributed by atoms with Gasteiger partial charge in [0.05, 0.1) is 12.2 Å². The fraction of sp³-hybridized carbons (Fsp3) is 0.143. The van der Waals surface area contributed by atoms with E-state index in [-0.39, 0.29) is 11.3 Å². The maximum Gasteiger partial charge on any atom is 0.419 e. The van der Waals surface area contributed by atoms with E-state index in [1.165, 1.54) is 18.2 Å². The zero-order chi connectivity index (χ0) is 14.8. The highest BCUT2D eigenvalue weighted by Gasteiger charge is 2.34. The summed E-state index contributed by atoms with van der Waals surface area (Å²) in [6.07, 6.45) is -4.61. The van der Waals surface area contributed by atoms with Crippen LogP contribution in [0.15, 0.2) is 42.5 Å². The molecule has 2 nitrogen and oxygen atoms in total. The normalized spacial score (nSPS) is 11.4. The van der Waals surface area contributed by atoms with E-state index >= 15 is 0 Å². The Bertz CT molecular complexity index is 591. The monoisotopic (exact) mass is 286 g/mol. The lowest BCUT2D eigenvalue weighted by molar-refractivity contribution is -0.138. The van der Waals surface area contributed by atoms with Crippen molar-refractivity contribution in [2.75, 3.05) is 0 Å². The molecule has 106 valence electrons. The van der Waals surface area contributed by atoms with Crippen LogP contribution in [0.4, 0.5) is 17.6 Å². The summed E-state index contributed by atoms with van der Waals surface area (Å²) in [5, 5.41) is 8.89. The second-order valence-electron chi connectivity index (χ2n) is 4.04. The summed E-state index contributed by atoms with van der Waals surface area (Å²) >= 11 is 0. The number of aliphatic hydroxyl groups is 1. The van der Waals surface area contributed by atoms with Crippen molar-refractivity contribution in [3.8, 4) is 11.5 Å². The summed E-state index contributed by atoms with van der Waals surface area (Å²) in [5.41, 5.74) is -0.864. The minimum atomic E-state index is -4.61. The lowest BCUT2D eigenvalue weighted by atomic mass is 10.1. The Morgan fingerprint density at radius 3 is 2.20 bits per heavy atom. The molecule has 0 heterocycles. The summed E-state index contributed by atoms with van der Waals surface area (Å²) in [6, 6.07) is 7.91. The van der Waals surface area contributed by atoms with Crippen molar-refractivity contribution >= 4 is 0 Å². The van der Waals surface area contributed by atoms with Gasteiger partial charge in [0, 0.05) is 0 Å². The highest BCUT2D eigenvalue weighted by molar-refractivity contribution is 5.42. The second kappa shape index (κ2) is 5.50. The van der Waals surface area contributed by atoms with Crippen molar-refractivity contribution in [1.29, 1.82) is 0 Å². The minimum absolute atomic E-state index is 0.0913. The fourth-order valence-corrected chi connectivity index (χ4v) is 1.62. The Labute approximate surface area is 112 Å². The van der Waals surface area contributed by atoms with Gasteiger partial charge in [0.1, 0.15) is 17.3 Å². The number of rotatable bonds is 3. The summed E-state index contributed by atoms with van der Waals surface area (Å²) in [7, 11) is 0. The van der Waals surface area contributed by atoms with Crippen molar-refractivity contribution in [1.82, 2.24) is 0 Å². The van der Waals surface area contributed by atoms with Gasteiger partial charge in [-0.15, -0.1) is 0 Å². The molecule has 0 spiro atoms. The van der Waals surface area contributed by atoms with Crippen LogP contribution >= 0.6 is 0 Å². The quantitative estimate of drug-likeness (QED) is 0.860. The largest absolute Gasteiger partial charge is 0.457 e. The number of aliphatic hydroxyl groups excluding tert-OH is 1. The standard InChI is InChI=1S/C14H10F4O2/c15-10-2-4-11(5-3-10)20-13-6-1-9(8-19)7-12(13)14(16,17)18/h1-7,19H,8H2. The Kier molecular flexibility index (Phi) is 3.94. The number of hydrogen-bond donors (Lipinski definition) is 1. The van der Waals surface area contributed by atoms with Crippen LogP contribution in [0.3, 0.4) is 0 Å².